The minimum Gasteiger partial charge on any atom is -0.462 e. The maximum absolute atomic E-state index is 13.5. The van der Waals surface area contributed by atoms with E-state index in [0.717, 1.165) is 41.5 Å². The molecule has 0 spiro atoms. The predicted octanol–water partition coefficient (Wildman–Crippen LogP) is 5.48. The maximum atomic E-state index is 13.5. The number of aryl methyl sites for hydroxylation is 1. The first-order valence-corrected chi connectivity index (χ1v) is 15.4. The number of benzene rings is 2. The molecule has 9 nitrogen and oxygen atoms in total. The minimum atomic E-state index is -4.17. The number of thiophene rings is 1. The fourth-order valence-electron chi connectivity index (χ4n) is 4.61. The Morgan fingerprint density at radius 3 is 2.59 bits per heavy atom. The van der Waals surface area contributed by atoms with E-state index < -0.39 is 39.8 Å². The Labute approximate surface area is 242 Å². The Hall–Kier alpha value is -3.77. The number of sulfonamides is 1. The van der Waals surface area contributed by atoms with Crippen LogP contribution in [0.1, 0.15) is 63.9 Å². The molecule has 218 valence electrons. The number of ether oxygens (including phenoxy) is 2. The standard InChI is InChI=1S/C29H31FN2O7S2/c1-5-38-29(35)25-21-12-10-16(2)14-23(21)40-27(25)31-26(33)18(4)39-28(34)20-8-6-7-9-22(20)32-41(36,37)24-13-11-19(30)15-17(24)3/h6-9,11,13,15-16,18,32H,5,10,12,14H2,1-4H3,(H,31,33). The predicted molar refractivity (Wildman–Crippen MR) is 153 cm³/mol. The number of carbonyl (C=O) groups excluding carboxylic acids is 3. The van der Waals surface area contributed by atoms with Gasteiger partial charge in [-0.15, -0.1) is 11.3 Å². The van der Waals surface area contributed by atoms with Crippen LogP contribution in [0.15, 0.2) is 47.4 Å². The fraction of sp³-hybridized carbons (Fsp3) is 0.345. The van der Waals surface area contributed by atoms with E-state index in [9.17, 15) is 27.2 Å². The maximum Gasteiger partial charge on any atom is 0.341 e. The number of nitrogens with one attached hydrogen (secondary N) is 2. The summed E-state index contributed by atoms with van der Waals surface area (Å²) in [6.45, 7) is 6.85. The monoisotopic (exact) mass is 602 g/mol. The van der Waals surface area contributed by atoms with Gasteiger partial charge in [0.15, 0.2) is 6.10 Å². The number of esters is 2. The van der Waals surface area contributed by atoms with Gasteiger partial charge in [0.1, 0.15) is 10.8 Å². The van der Waals surface area contributed by atoms with Gasteiger partial charge in [0.25, 0.3) is 15.9 Å². The van der Waals surface area contributed by atoms with Crippen molar-refractivity contribution < 1.29 is 36.7 Å². The molecule has 1 aliphatic rings. The summed E-state index contributed by atoms with van der Waals surface area (Å²) in [6, 6.07) is 9.03. The van der Waals surface area contributed by atoms with Crippen molar-refractivity contribution in [3.05, 3.63) is 75.4 Å². The molecule has 41 heavy (non-hydrogen) atoms. The summed E-state index contributed by atoms with van der Waals surface area (Å²) in [5.74, 6) is -2.24. The molecule has 0 fully saturated rings. The topological polar surface area (TPSA) is 128 Å². The Morgan fingerprint density at radius 2 is 1.88 bits per heavy atom. The number of hydrogen-bond acceptors (Lipinski definition) is 8. The van der Waals surface area contributed by atoms with Crippen LogP contribution in [0.5, 0.6) is 0 Å². The van der Waals surface area contributed by atoms with E-state index in [2.05, 4.69) is 17.0 Å². The zero-order chi connectivity index (χ0) is 29.9. The zero-order valence-electron chi connectivity index (χ0n) is 23.1. The van der Waals surface area contributed by atoms with E-state index in [4.69, 9.17) is 9.47 Å². The molecule has 1 heterocycles. The molecule has 2 atom stereocenters. The molecule has 0 radical (unpaired) electrons. The minimum absolute atomic E-state index is 0.0708. The van der Waals surface area contributed by atoms with Crippen LogP contribution in [0.25, 0.3) is 0 Å². The van der Waals surface area contributed by atoms with Crippen molar-refractivity contribution >= 4 is 49.9 Å². The smallest absolute Gasteiger partial charge is 0.341 e. The van der Waals surface area contributed by atoms with Gasteiger partial charge in [-0.2, -0.15) is 0 Å². The second-order valence-corrected chi connectivity index (χ2v) is 12.6. The van der Waals surface area contributed by atoms with Crippen LogP contribution in [-0.4, -0.2) is 39.0 Å². The van der Waals surface area contributed by atoms with Crippen LogP contribution in [-0.2, 0) is 37.1 Å². The molecule has 1 aromatic heterocycles. The third-order valence-corrected chi connectivity index (χ3v) is 9.39. The summed E-state index contributed by atoms with van der Waals surface area (Å²) >= 11 is 1.32. The van der Waals surface area contributed by atoms with Gasteiger partial charge in [0.05, 0.1) is 28.3 Å². The lowest BCUT2D eigenvalue weighted by Gasteiger charge is -2.18. The van der Waals surface area contributed by atoms with E-state index in [1.165, 1.54) is 49.4 Å². The van der Waals surface area contributed by atoms with Crippen LogP contribution in [0.3, 0.4) is 0 Å². The van der Waals surface area contributed by atoms with Crippen molar-refractivity contribution in [3.63, 3.8) is 0 Å². The van der Waals surface area contributed by atoms with Crippen molar-refractivity contribution in [2.24, 2.45) is 5.92 Å². The molecular formula is C29H31FN2O7S2. The molecule has 3 aromatic rings. The lowest BCUT2D eigenvalue weighted by atomic mass is 9.88. The largest absolute Gasteiger partial charge is 0.462 e. The number of halogens is 1. The molecule has 2 aromatic carbocycles. The van der Waals surface area contributed by atoms with Crippen molar-refractivity contribution in [2.45, 2.75) is 58.0 Å². The van der Waals surface area contributed by atoms with Gasteiger partial charge in [-0.3, -0.25) is 9.52 Å². The molecule has 4 rings (SSSR count). The summed E-state index contributed by atoms with van der Waals surface area (Å²) in [4.78, 5) is 39.8. The molecule has 0 aliphatic heterocycles. The Bertz CT molecular complexity index is 1600. The number of anilines is 2. The average molecular weight is 603 g/mol. The highest BCUT2D eigenvalue weighted by molar-refractivity contribution is 7.92. The van der Waals surface area contributed by atoms with Crippen molar-refractivity contribution in [1.29, 1.82) is 0 Å². The number of rotatable bonds is 9. The molecule has 1 amide bonds. The summed E-state index contributed by atoms with van der Waals surface area (Å²) < 4.78 is 52.5. The third-order valence-electron chi connectivity index (χ3n) is 6.70. The second kappa shape index (κ2) is 12.4. The lowest BCUT2D eigenvalue weighted by molar-refractivity contribution is -0.123. The Morgan fingerprint density at radius 1 is 1.15 bits per heavy atom. The normalized spacial score (nSPS) is 15.4. The first kappa shape index (κ1) is 30.2. The Balaban J connectivity index is 1.51. The summed E-state index contributed by atoms with van der Waals surface area (Å²) in [7, 11) is -4.17. The number of hydrogen-bond donors (Lipinski definition) is 2. The SMILES string of the molecule is CCOC(=O)c1c(NC(=O)C(C)OC(=O)c2ccccc2NS(=O)(=O)c2ccc(F)cc2C)sc2c1CCC(C)C2. The molecule has 0 bridgehead atoms. The third kappa shape index (κ3) is 6.76. The molecule has 2 unspecified atom stereocenters. The second-order valence-electron chi connectivity index (χ2n) is 9.87. The van der Waals surface area contributed by atoms with Gasteiger partial charge in [-0.25, -0.2) is 22.4 Å². The van der Waals surface area contributed by atoms with E-state index in [1.54, 1.807) is 6.92 Å². The first-order valence-electron chi connectivity index (χ1n) is 13.1. The quantitative estimate of drug-likeness (QED) is 0.310. The highest BCUT2D eigenvalue weighted by atomic mass is 32.2. The lowest BCUT2D eigenvalue weighted by Crippen LogP contribution is -2.30. The number of fused-ring (bicyclic) bond motifs is 1. The van der Waals surface area contributed by atoms with Crippen molar-refractivity contribution in [2.75, 3.05) is 16.6 Å². The molecule has 2 N–H and O–H groups in total. The van der Waals surface area contributed by atoms with Gasteiger partial charge in [0.2, 0.25) is 0 Å². The van der Waals surface area contributed by atoms with Crippen molar-refractivity contribution in [3.8, 4) is 0 Å². The Kier molecular flexibility index (Phi) is 9.13. The zero-order valence-corrected chi connectivity index (χ0v) is 24.7. The number of amides is 1. The van der Waals surface area contributed by atoms with Gasteiger partial charge in [-0.05, 0) is 87.4 Å². The number of para-hydroxylation sites is 1. The van der Waals surface area contributed by atoms with E-state index in [0.29, 0.717) is 22.9 Å². The van der Waals surface area contributed by atoms with E-state index in [-0.39, 0.29) is 28.3 Å². The van der Waals surface area contributed by atoms with Gasteiger partial charge >= 0.3 is 11.9 Å². The van der Waals surface area contributed by atoms with Crippen LogP contribution >= 0.6 is 11.3 Å². The summed E-state index contributed by atoms with van der Waals surface area (Å²) in [5, 5.41) is 3.07. The van der Waals surface area contributed by atoms with Crippen LogP contribution in [0.4, 0.5) is 15.1 Å². The van der Waals surface area contributed by atoms with Crippen molar-refractivity contribution in [1.82, 2.24) is 0 Å². The molecule has 0 saturated carbocycles. The highest BCUT2D eigenvalue weighted by Gasteiger charge is 2.31. The average Bonchev–Trinajstić information content (AvgIpc) is 3.25. The summed E-state index contributed by atoms with van der Waals surface area (Å²) in [5.41, 5.74) is 1.21. The van der Waals surface area contributed by atoms with Gasteiger partial charge in [-0.1, -0.05) is 19.1 Å². The molecule has 12 heteroatoms. The van der Waals surface area contributed by atoms with E-state index in [1.807, 2.05) is 0 Å². The molecule has 0 saturated heterocycles. The van der Waals surface area contributed by atoms with Crippen LogP contribution < -0.4 is 10.0 Å². The van der Waals surface area contributed by atoms with E-state index >= 15 is 0 Å². The first-order chi connectivity index (χ1) is 19.4. The number of carbonyl (C=O) groups is 3. The van der Waals surface area contributed by atoms with Gasteiger partial charge in [0, 0.05) is 4.88 Å². The van der Waals surface area contributed by atoms with Crippen LogP contribution in [0.2, 0.25) is 0 Å². The summed E-state index contributed by atoms with van der Waals surface area (Å²) in [6.07, 6.45) is 1.13. The van der Waals surface area contributed by atoms with Crippen LogP contribution in [0, 0.1) is 18.7 Å². The fourth-order valence-corrected chi connectivity index (χ4v) is 7.32. The molecule has 1 aliphatic carbocycles. The van der Waals surface area contributed by atoms with Gasteiger partial charge < -0.3 is 14.8 Å². The highest BCUT2D eigenvalue weighted by Crippen LogP contribution is 2.40. The molecular weight excluding hydrogens is 571 g/mol.